The minimum atomic E-state index is -0.0603. The van der Waals surface area contributed by atoms with Gasteiger partial charge in [-0.15, -0.1) is 0 Å². The van der Waals surface area contributed by atoms with Crippen molar-refractivity contribution in [3.8, 4) is 6.07 Å². The number of anilines is 1. The number of fused-ring (bicyclic) bond motifs is 1. The second-order valence-corrected chi connectivity index (χ2v) is 6.33. The first kappa shape index (κ1) is 15.9. The Bertz CT molecular complexity index is 845. The van der Waals surface area contributed by atoms with Gasteiger partial charge in [-0.1, -0.05) is 26.0 Å². The number of rotatable bonds is 4. The number of benzene rings is 2. The van der Waals surface area contributed by atoms with Crippen molar-refractivity contribution in [3.05, 3.63) is 64.7 Å². The zero-order valence-corrected chi connectivity index (χ0v) is 13.7. The van der Waals surface area contributed by atoms with Crippen molar-refractivity contribution in [2.75, 3.05) is 4.90 Å². The second kappa shape index (κ2) is 6.29. The van der Waals surface area contributed by atoms with Gasteiger partial charge in [0.05, 0.1) is 24.6 Å². The molecule has 1 amide bonds. The number of carbonyl (C=O) groups excluding carboxylic acids is 2. The van der Waals surface area contributed by atoms with E-state index >= 15 is 0 Å². The Hall–Kier alpha value is -2.93. The first-order valence-electron chi connectivity index (χ1n) is 7.96. The maximum atomic E-state index is 12.4. The zero-order chi connectivity index (χ0) is 17.3. The Morgan fingerprint density at radius 3 is 2.54 bits per heavy atom. The van der Waals surface area contributed by atoms with E-state index in [2.05, 4.69) is 6.07 Å². The molecule has 0 bridgehead atoms. The van der Waals surface area contributed by atoms with Gasteiger partial charge in [-0.05, 0) is 41.5 Å². The molecule has 0 unspecified atom stereocenters. The number of nitriles is 1. The van der Waals surface area contributed by atoms with E-state index in [1.54, 1.807) is 23.1 Å². The quantitative estimate of drug-likeness (QED) is 0.811. The molecule has 1 heterocycles. The molecule has 0 saturated carbocycles. The molecule has 0 atom stereocenters. The van der Waals surface area contributed by atoms with Gasteiger partial charge in [-0.3, -0.25) is 9.59 Å². The number of ketones is 1. The fourth-order valence-electron chi connectivity index (χ4n) is 2.91. The number of amides is 1. The van der Waals surface area contributed by atoms with E-state index < -0.39 is 0 Å². The summed E-state index contributed by atoms with van der Waals surface area (Å²) in [7, 11) is 0. The molecule has 0 aromatic heterocycles. The van der Waals surface area contributed by atoms with Crippen LogP contribution in [-0.2, 0) is 17.8 Å². The highest BCUT2D eigenvalue weighted by molar-refractivity contribution is 6.04. The molecule has 120 valence electrons. The van der Waals surface area contributed by atoms with Crippen molar-refractivity contribution in [2.24, 2.45) is 5.92 Å². The SMILES string of the molecule is CC(C)C(=O)c1ccc2c(c1)CC(=O)N2Cc1ccc(C#N)cc1. The van der Waals surface area contributed by atoms with Crippen LogP contribution in [0.15, 0.2) is 42.5 Å². The van der Waals surface area contributed by atoms with Crippen molar-refractivity contribution >= 4 is 17.4 Å². The van der Waals surface area contributed by atoms with Gasteiger partial charge in [0.15, 0.2) is 5.78 Å². The summed E-state index contributed by atoms with van der Waals surface area (Å²) < 4.78 is 0. The average molecular weight is 318 g/mol. The van der Waals surface area contributed by atoms with Crippen LogP contribution in [0.3, 0.4) is 0 Å². The fraction of sp³-hybridized carbons (Fsp3) is 0.250. The number of hydrogen-bond acceptors (Lipinski definition) is 3. The van der Waals surface area contributed by atoms with E-state index in [9.17, 15) is 9.59 Å². The van der Waals surface area contributed by atoms with E-state index in [0.29, 0.717) is 24.1 Å². The summed E-state index contributed by atoms with van der Waals surface area (Å²) in [4.78, 5) is 26.2. The third-order valence-electron chi connectivity index (χ3n) is 4.25. The number of carbonyl (C=O) groups is 2. The van der Waals surface area contributed by atoms with Crippen molar-refractivity contribution in [3.63, 3.8) is 0 Å². The summed E-state index contributed by atoms with van der Waals surface area (Å²) >= 11 is 0. The van der Waals surface area contributed by atoms with Gasteiger partial charge < -0.3 is 4.90 Å². The van der Waals surface area contributed by atoms with Crippen LogP contribution < -0.4 is 4.90 Å². The van der Waals surface area contributed by atoms with Crippen molar-refractivity contribution < 1.29 is 9.59 Å². The molecule has 0 spiro atoms. The zero-order valence-electron chi connectivity index (χ0n) is 13.7. The Morgan fingerprint density at radius 1 is 1.21 bits per heavy atom. The minimum Gasteiger partial charge on any atom is -0.307 e. The molecular weight excluding hydrogens is 300 g/mol. The second-order valence-electron chi connectivity index (χ2n) is 6.33. The van der Waals surface area contributed by atoms with Crippen LogP contribution in [-0.4, -0.2) is 11.7 Å². The predicted molar refractivity (Wildman–Crippen MR) is 91.7 cm³/mol. The lowest BCUT2D eigenvalue weighted by molar-refractivity contribution is -0.117. The lowest BCUT2D eigenvalue weighted by atomic mass is 9.98. The maximum Gasteiger partial charge on any atom is 0.231 e. The molecule has 0 N–H and O–H groups in total. The molecule has 24 heavy (non-hydrogen) atoms. The van der Waals surface area contributed by atoms with Crippen molar-refractivity contribution in [2.45, 2.75) is 26.8 Å². The van der Waals surface area contributed by atoms with Crippen LogP contribution >= 0.6 is 0 Å². The Balaban J connectivity index is 1.86. The van der Waals surface area contributed by atoms with Crippen LogP contribution in [0, 0.1) is 17.2 Å². The van der Waals surface area contributed by atoms with E-state index in [0.717, 1.165) is 16.8 Å². The standard InChI is InChI=1S/C20H18N2O2/c1-13(2)20(24)16-7-8-18-17(9-16)10-19(23)22(18)12-15-5-3-14(11-21)4-6-15/h3-9,13H,10,12H2,1-2H3. The highest BCUT2D eigenvalue weighted by atomic mass is 16.2. The molecule has 1 aliphatic rings. The third-order valence-corrected chi connectivity index (χ3v) is 4.25. The minimum absolute atomic E-state index is 0.0310. The summed E-state index contributed by atoms with van der Waals surface area (Å²) in [6.07, 6.45) is 0.324. The van der Waals surface area contributed by atoms with Gasteiger partial charge >= 0.3 is 0 Å². The molecular formula is C20H18N2O2. The first-order valence-corrected chi connectivity index (χ1v) is 7.96. The normalized spacial score (nSPS) is 13.1. The first-order chi connectivity index (χ1) is 11.5. The average Bonchev–Trinajstić information content (AvgIpc) is 2.89. The van der Waals surface area contributed by atoms with E-state index in [1.165, 1.54) is 0 Å². The number of Topliss-reactive ketones (excluding diaryl/α,β-unsaturated/α-hetero) is 1. The van der Waals surface area contributed by atoms with Gasteiger partial charge in [-0.25, -0.2) is 0 Å². The molecule has 1 aliphatic heterocycles. The molecule has 2 aromatic rings. The summed E-state index contributed by atoms with van der Waals surface area (Å²) in [6.45, 7) is 4.21. The Kier molecular flexibility index (Phi) is 4.18. The highest BCUT2D eigenvalue weighted by Crippen LogP contribution is 2.31. The largest absolute Gasteiger partial charge is 0.307 e. The van der Waals surface area contributed by atoms with Gasteiger partial charge in [-0.2, -0.15) is 5.26 Å². The summed E-state index contributed by atoms with van der Waals surface area (Å²) in [6, 6.07) is 14.8. The van der Waals surface area contributed by atoms with Gasteiger partial charge in [0.2, 0.25) is 5.91 Å². The van der Waals surface area contributed by atoms with Gasteiger partial charge in [0.1, 0.15) is 0 Å². The third kappa shape index (κ3) is 2.93. The maximum absolute atomic E-state index is 12.4. The van der Waals surface area contributed by atoms with E-state index in [4.69, 9.17) is 5.26 Å². The topological polar surface area (TPSA) is 61.2 Å². The van der Waals surface area contributed by atoms with Crippen LogP contribution in [0.1, 0.15) is 40.9 Å². The molecule has 4 heteroatoms. The van der Waals surface area contributed by atoms with E-state index in [-0.39, 0.29) is 17.6 Å². The monoisotopic (exact) mass is 318 g/mol. The smallest absolute Gasteiger partial charge is 0.231 e. The molecule has 0 saturated heterocycles. The summed E-state index contributed by atoms with van der Waals surface area (Å²) in [5.41, 5.74) is 4.00. The molecule has 0 radical (unpaired) electrons. The molecule has 3 rings (SSSR count). The fourth-order valence-corrected chi connectivity index (χ4v) is 2.91. The Labute approximate surface area is 141 Å². The van der Waals surface area contributed by atoms with Crippen molar-refractivity contribution in [1.82, 2.24) is 0 Å². The molecule has 4 nitrogen and oxygen atoms in total. The summed E-state index contributed by atoms with van der Waals surface area (Å²) in [5, 5.41) is 8.85. The van der Waals surface area contributed by atoms with Gasteiger partial charge in [0.25, 0.3) is 0 Å². The molecule has 0 aliphatic carbocycles. The molecule has 2 aromatic carbocycles. The van der Waals surface area contributed by atoms with Crippen molar-refractivity contribution in [1.29, 1.82) is 5.26 Å². The summed E-state index contributed by atoms with van der Waals surface area (Å²) in [5.74, 6) is 0.0641. The van der Waals surface area contributed by atoms with E-state index in [1.807, 2.05) is 38.1 Å². The van der Waals surface area contributed by atoms with Crippen LogP contribution in [0.2, 0.25) is 0 Å². The predicted octanol–water partition coefficient (Wildman–Crippen LogP) is 3.49. The van der Waals surface area contributed by atoms with Crippen LogP contribution in [0.5, 0.6) is 0 Å². The number of nitrogens with zero attached hydrogens (tertiary/aromatic N) is 2. The lowest BCUT2D eigenvalue weighted by Gasteiger charge is -2.18. The molecule has 0 fully saturated rings. The van der Waals surface area contributed by atoms with Crippen LogP contribution in [0.4, 0.5) is 5.69 Å². The lowest BCUT2D eigenvalue weighted by Crippen LogP contribution is -2.25. The number of hydrogen-bond donors (Lipinski definition) is 0. The Morgan fingerprint density at radius 2 is 1.92 bits per heavy atom. The van der Waals surface area contributed by atoms with Crippen LogP contribution in [0.25, 0.3) is 0 Å². The van der Waals surface area contributed by atoms with Gasteiger partial charge in [0, 0.05) is 17.2 Å². The highest BCUT2D eigenvalue weighted by Gasteiger charge is 2.28.